The molecular weight excluding hydrogens is 296 g/mol. The molecule has 1 aromatic carbocycles. The summed E-state index contributed by atoms with van der Waals surface area (Å²) in [5.41, 5.74) is 0.337. The van der Waals surface area contributed by atoms with Gasteiger partial charge in [0.2, 0.25) is 0 Å². The Bertz CT molecular complexity index is 606. The van der Waals surface area contributed by atoms with E-state index in [4.69, 9.17) is 5.26 Å². The second-order valence-corrected chi connectivity index (χ2v) is 8.00. The molecule has 0 spiro atoms. The van der Waals surface area contributed by atoms with Crippen molar-refractivity contribution in [1.82, 2.24) is 5.32 Å². The number of sulfone groups is 1. The van der Waals surface area contributed by atoms with Gasteiger partial charge in [0.1, 0.15) is 0 Å². The van der Waals surface area contributed by atoms with Crippen LogP contribution in [0, 0.1) is 11.3 Å². The third kappa shape index (κ3) is 5.82. The first-order valence-corrected chi connectivity index (χ1v) is 9.57. The van der Waals surface area contributed by atoms with Crippen LogP contribution in [0.5, 0.6) is 0 Å². The molecule has 1 atom stereocenters. The number of hydrogen-bond acceptors (Lipinski definition) is 5. The van der Waals surface area contributed by atoms with Crippen molar-refractivity contribution in [2.24, 2.45) is 0 Å². The molecular formula is C13H18N2O3S2. The lowest BCUT2D eigenvalue weighted by atomic mass is 10.2. The molecule has 0 aromatic heterocycles. The van der Waals surface area contributed by atoms with Crippen molar-refractivity contribution in [2.75, 3.05) is 30.9 Å². The van der Waals surface area contributed by atoms with Crippen molar-refractivity contribution in [3.8, 4) is 6.07 Å². The van der Waals surface area contributed by atoms with Crippen LogP contribution >= 0.6 is 0 Å². The summed E-state index contributed by atoms with van der Waals surface area (Å²) >= 11 is 0. The van der Waals surface area contributed by atoms with Crippen molar-refractivity contribution in [3.05, 3.63) is 29.8 Å². The molecule has 7 heteroatoms. The number of nitrogens with one attached hydrogen (secondary N) is 1. The fourth-order valence-electron chi connectivity index (χ4n) is 1.61. The summed E-state index contributed by atoms with van der Waals surface area (Å²) in [6.45, 7) is 0.989. The standard InChI is InChI=1S/C13H18N2O3S2/c1-19(16)8-3-6-15-7-9-20(17,18)13-5-2-4-12(10-13)11-14/h2,4-5,10,15H,3,6-9H2,1H3. The number of nitriles is 1. The Labute approximate surface area is 122 Å². The topological polar surface area (TPSA) is 87.0 Å². The van der Waals surface area contributed by atoms with Crippen molar-refractivity contribution >= 4 is 20.6 Å². The van der Waals surface area contributed by atoms with E-state index in [0.29, 0.717) is 24.4 Å². The molecule has 1 rings (SSSR count). The van der Waals surface area contributed by atoms with Crippen LogP contribution in [-0.4, -0.2) is 43.5 Å². The molecule has 0 aliphatic heterocycles. The van der Waals surface area contributed by atoms with Gasteiger partial charge >= 0.3 is 0 Å². The van der Waals surface area contributed by atoms with Gasteiger partial charge in [0.25, 0.3) is 0 Å². The summed E-state index contributed by atoms with van der Waals surface area (Å²) in [4.78, 5) is 0.174. The van der Waals surface area contributed by atoms with E-state index in [-0.39, 0.29) is 10.6 Å². The normalized spacial score (nSPS) is 12.8. The SMILES string of the molecule is CS(=O)CCCNCCS(=O)(=O)c1cccc(C#N)c1. The summed E-state index contributed by atoms with van der Waals surface area (Å²) in [5, 5.41) is 11.8. The molecule has 0 fully saturated rings. The second-order valence-electron chi connectivity index (χ2n) is 4.34. The van der Waals surface area contributed by atoms with Gasteiger partial charge in [-0.25, -0.2) is 8.42 Å². The number of rotatable bonds is 8. The number of hydrogen-bond donors (Lipinski definition) is 1. The molecule has 0 bridgehead atoms. The smallest absolute Gasteiger partial charge is 0.179 e. The van der Waals surface area contributed by atoms with Crippen molar-refractivity contribution in [3.63, 3.8) is 0 Å². The highest BCUT2D eigenvalue weighted by atomic mass is 32.2. The van der Waals surface area contributed by atoms with Gasteiger partial charge in [-0.1, -0.05) is 6.07 Å². The molecule has 0 radical (unpaired) electrons. The van der Waals surface area contributed by atoms with Crippen LogP contribution in [0.15, 0.2) is 29.2 Å². The van der Waals surface area contributed by atoms with Gasteiger partial charge in [-0.15, -0.1) is 0 Å². The molecule has 0 aliphatic carbocycles. The van der Waals surface area contributed by atoms with Crippen molar-refractivity contribution < 1.29 is 12.6 Å². The maximum absolute atomic E-state index is 12.0. The molecule has 20 heavy (non-hydrogen) atoms. The summed E-state index contributed by atoms with van der Waals surface area (Å²) in [6.07, 6.45) is 2.40. The Morgan fingerprint density at radius 2 is 2.10 bits per heavy atom. The van der Waals surface area contributed by atoms with E-state index in [1.807, 2.05) is 6.07 Å². The van der Waals surface area contributed by atoms with E-state index in [9.17, 15) is 12.6 Å². The van der Waals surface area contributed by atoms with Crippen LogP contribution in [0.4, 0.5) is 0 Å². The van der Waals surface area contributed by atoms with Crippen LogP contribution in [0.3, 0.4) is 0 Å². The van der Waals surface area contributed by atoms with Gasteiger partial charge in [0.15, 0.2) is 9.84 Å². The molecule has 0 saturated carbocycles. The fraction of sp³-hybridized carbons (Fsp3) is 0.462. The average molecular weight is 314 g/mol. The molecule has 0 heterocycles. The zero-order chi connectivity index (χ0) is 15.0. The van der Waals surface area contributed by atoms with Crippen molar-refractivity contribution in [2.45, 2.75) is 11.3 Å². The van der Waals surface area contributed by atoms with E-state index in [2.05, 4.69) is 5.32 Å². The minimum atomic E-state index is -3.37. The number of benzene rings is 1. The summed E-state index contributed by atoms with van der Waals surface area (Å²) < 4.78 is 34.9. The second kappa shape index (κ2) is 8.15. The highest BCUT2D eigenvalue weighted by molar-refractivity contribution is 7.91. The molecule has 1 N–H and O–H groups in total. The Hall–Kier alpha value is -1.23. The Morgan fingerprint density at radius 3 is 2.75 bits per heavy atom. The largest absolute Gasteiger partial charge is 0.316 e. The summed E-state index contributed by atoms with van der Waals surface area (Å²) in [6, 6.07) is 7.94. The number of nitrogens with zero attached hydrogens (tertiary/aromatic N) is 1. The molecule has 5 nitrogen and oxygen atoms in total. The Morgan fingerprint density at radius 1 is 1.35 bits per heavy atom. The van der Waals surface area contributed by atoms with E-state index in [1.54, 1.807) is 18.4 Å². The molecule has 110 valence electrons. The third-order valence-electron chi connectivity index (χ3n) is 2.66. The highest BCUT2D eigenvalue weighted by Gasteiger charge is 2.14. The van der Waals surface area contributed by atoms with E-state index >= 15 is 0 Å². The lowest BCUT2D eigenvalue weighted by Crippen LogP contribution is -2.24. The molecule has 0 amide bonds. The maximum atomic E-state index is 12.0. The first-order chi connectivity index (χ1) is 9.45. The molecule has 1 aromatic rings. The zero-order valence-electron chi connectivity index (χ0n) is 11.3. The van der Waals surface area contributed by atoms with Gasteiger partial charge < -0.3 is 5.32 Å². The predicted molar refractivity (Wildman–Crippen MR) is 79.6 cm³/mol. The van der Waals surface area contributed by atoms with Crippen LogP contribution < -0.4 is 5.32 Å². The Kier molecular flexibility index (Phi) is 6.85. The van der Waals surface area contributed by atoms with Gasteiger partial charge in [-0.2, -0.15) is 5.26 Å². The van der Waals surface area contributed by atoms with Gasteiger partial charge in [-0.3, -0.25) is 4.21 Å². The minimum absolute atomic E-state index is 0.0168. The van der Waals surface area contributed by atoms with Gasteiger partial charge in [0.05, 0.1) is 22.3 Å². The van der Waals surface area contributed by atoms with Gasteiger partial charge in [-0.05, 0) is 31.2 Å². The van der Waals surface area contributed by atoms with Crippen LogP contribution in [0.2, 0.25) is 0 Å². The fourth-order valence-corrected chi connectivity index (χ4v) is 3.40. The minimum Gasteiger partial charge on any atom is -0.316 e. The monoisotopic (exact) mass is 314 g/mol. The quantitative estimate of drug-likeness (QED) is 0.713. The molecule has 1 unspecified atom stereocenters. The van der Waals surface area contributed by atoms with E-state index in [0.717, 1.165) is 6.42 Å². The third-order valence-corrected chi connectivity index (χ3v) is 5.23. The first kappa shape index (κ1) is 16.8. The van der Waals surface area contributed by atoms with E-state index < -0.39 is 20.6 Å². The Balaban J connectivity index is 2.46. The lowest BCUT2D eigenvalue weighted by Gasteiger charge is -2.06. The summed E-state index contributed by atoms with van der Waals surface area (Å²) in [7, 11) is -4.18. The molecule has 0 aliphatic rings. The summed E-state index contributed by atoms with van der Waals surface area (Å²) in [5.74, 6) is 0.598. The van der Waals surface area contributed by atoms with Gasteiger partial charge in [0, 0.05) is 29.4 Å². The predicted octanol–water partition coefficient (Wildman–Crippen LogP) is 0.690. The lowest BCUT2D eigenvalue weighted by molar-refractivity contribution is 0.590. The highest BCUT2D eigenvalue weighted by Crippen LogP contribution is 2.12. The van der Waals surface area contributed by atoms with E-state index in [1.165, 1.54) is 12.1 Å². The van der Waals surface area contributed by atoms with Crippen LogP contribution in [0.25, 0.3) is 0 Å². The average Bonchev–Trinajstić information content (AvgIpc) is 2.42. The van der Waals surface area contributed by atoms with Crippen molar-refractivity contribution in [1.29, 1.82) is 5.26 Å². The zero-order valence-corrected chi connectivity index (χ0v) is 13.0. The van der Waals surface area contributed by atoms with Crippen LogP contribution in [-0.2, 0) is 20.6 Å². The maximum Gasteiger partial charge on any atom is 0.179 e. The van der Waals surface area contributed by atoms with Crippen LogP contribution in [0.1, 0.15) is 12.0 Å². The first-order valence-electron chi connectivity index (χ1n) is 6.19. The molecule has 0 saturated heterocycles.